The highest BCUT2D eigenvalue weighted by molar-refractivity contribution is 5.95. The average Bonchev–Trinajstić information content (AvgIpc) is 3.32. The van der Waals surface area contributed by atoms with Crippen LogP contribution in [0.3, 0.4) is 0 Å². The van der Waals surface area contributed by atoms with Crippen molar-refractivity contribution >= 4 is 28.4 Å². The van der Waals surface area contributed by atoms with Crippen molar-refractivity contribution in [2.24, 2.45) is 0 Å². The molecule has 0 spiro atoms. The molecular weight excluding hydrogens is 462 g/mol. The number of nitrogens with one attached hydrogen (secondary N) is 1. The summed E-state index contributed by atoms with van der Waals surface area (Å²) in [5.74, 6) is 2.06. The van der Waals surface area contributed by atoms with Gasteiger partial charge in [-0.3, -0.25) is 9.59 Å². The first kappa shape index (κ1) is 26.7. The first-order valence-corrected chi connectivity index (χ1v) is 11.9. The highest BCUT2D eigenvalue weighted by atomic mass is 16.5. The van der Waals surface area contributed by atoms with Gasteiger partial charge in [-0.25, -0.2) is 0 Å². The zero-order valence-corrected chi connectivity index (χ0v) is 21.2. The molecule has 2 aromatic carbocycles. The number of amides is 1. The Morgan fingerprint density at radius 2 is 1.83 bits per heavy atom. The SMILES string of the molecule is CCOC(=O)CCCOc1cccc2cc(C(C)=CC(=O)NCCc3ccc(OC)c(OC)c3)oc12. The summed E-state index contributed by atoms with van der Waals surface area (Å²) in [6.07, 6.45) is 3.02. The number of allylic oxidation sites excluding steroid dienone is 1. The minimum Gasteiger partial charge on any atom is -0.493 e. The number of carbonyl (C=O) groups is 2. The third-order valence-corrected chi connectivity index (χ3v) is 5.49. The Balaban J connectivity index is 1.56. The van der Waals surface area contributed by atoms with Crippen molar-refractivity contribution < 1.29 is 33.0 Å². The third kappa shape index (κ3) is 7.28. The number of carbonyl (C=O) groups excluding carboxylic acids is 2. The van der Waals surface area contributed by atoms with Gasteiger partial charge < -0.3 is 28.7 Å². The molecule has 3 aromatic rings. The van der Waals surface area contributed by atoms with Crippen molar-refractivity contribution in [2.75, 3.05) is 34.0 Å². The number of hydrogen-bond donors (Lipinski definition) is 1. The number of para-hydroxylation sites is 1. The number of rotatable bonds is 13. The Bertz CT molecular complexity index is 1210. The highest BCUT2D eigenvalue weighted by Crippen LogP contribution is 2.31. The van der Waals surface area contributed by atoms with E-state index in [4.69, 9.17) is 23.4 Å². The van der Waals surface area contributed by atoms with E-state index < -0.39 is 0 Å². The van der Waals surface area contributed by atoms with E-state index in [9.17, 15) is 9.59 Å². The van der Waals surface area contributed by atoms with E-state index >= 15 is 0 Å². The van der Waals surface area contributed by atoms with Gasteiger partial charge in [0.1, 0.15) is 5.76 Å². The summed E-state index contributed by atoms with van der Waals surface area (Å²) in [6, 6.07) is 13.2. The van der Waals surface area contributed by atoms with Crippen LogP contribution < -0.4 is 19.5 Å². The lowest BCUT2D eigenvalue weighted by Gasteiger charge is -2.09. The third-order valence-electron chi connectivity index (χ3n) is 5.49. The number of ether oxygens (including phenoxy) is 4. The number of methoxy groups -OCH3 is 2. The van der Waals surface area contributed by atoms with Crippen molar-refractivity contribution in [3.05, 3.63) is 59.9 Å². The van der Waals surface area contributed by atoms with Crippen LogP contribution >= 0.6 is 0 Å². The van der Waals surface area contributed by atoms with Gasteiger partial charge in [0.15, 0.2) is 22.8 Å². The molecule has 0 radical (unpaired) electrons. The zero-order chi connectivity index (χ0) is 25.9. The van der Waals surface area contributed by atoms with Crippen LogP contribution in [0.25, 0.3) is 16.5 Å². The molecule has 192 valence electrons. The average molecular weight is 496 g/mol. The van der Waals surface area contributed by atoms with Crippen molar-refractivity contribution in [3.8, 4) is 17.2 Å². The van der Waals surface area contributed by atoms with Gasteiger partial charge in [-0.2, -0.15) is 0 Å². The number of benzene rings is 2. The molecule has 0 unspecified atom stereocenters. The van der Waals surface area contributed by atoms with Gasteiger partial charge in [0, 0.05) is 24.4 Å². The van der Waals surface area contributed by atoms with Gasteiger partial charge in [-0.15, -0.1) is 0 Å². The minimum atomic E-state index is -0.234. The van der Waals surface area contributed by atoms with Crippen LogP contribution in [-0.2, 0) is 20.7 Å². The fourth-order valence-electron chi connectivity index (χ4n) is 3.66. The van der Waals surface area contributed by atoms with Crippen LogP contribution in [-0.4, -0.2) is 45.9 Å². The first-order valence-electron chi connectivity index (χ1n) is 11.9. The molecule has 1 amide bonds. The molecule has 8 nitrogen and oxygen atoms in total. The van der Waals surface area contributed by atoms with Crippen LogP contribution in [0.1, 0.15) is 38.0 Å². The molecule has 1 heterocycles. The van der Waals surface area contributed by atoms with E-state index in [1.165, 1.54) is 6.08 Å². The molecule has 3 rings (SSSR count). The monoisotopic (exact) mass is 495 g/mol. The van der Waals surface area contributed by atoms with Crippen LogP contribution in [0.15, 0.2) is 53.0 Å². The van der Waals surface area contributed by atoms with E-state index in [-0.39, 0.29) is 11.9 Å². The normalized spacial score (nSPS) is 11.3. The molecule has 8 heteroatoms. The van der Waals surface area contributed by atoms with Crippen molar-refractivity contribution in [1.29, 1.82) is 0 Å². The lowest BCUT2D eigenvalue weighted by Crippen LogP contribution is -2.23. The summed E-state index contributed by atoms with van der Waals surface area (Å²) >= 11 is 0. The molecular formula is C28H33NO7. The number of hydrogen-bond acceptors (Lipinski definition) is 7. The Labute approximate surface area is 211 Å². The van der Waals surface area contributed by atoms with E-state index in [1.807, 2.05) is 49.4 Å². The molecule has 0 fully saturated rings. The van der Waals surface area contributed by atoms with E-state index in [2.05, 4.69) is 5.32 Å². The predicted molar refractivity (Wildman–Crippen MR) is 137 cm³/mol. The van der Waals surface area contributed by atoms with Crippen LogP contribution in [0, 0.1) is 0 Å². The van der Waals surface area contributed by atoms with E-state index in [0.29, 0.717) is 73.2 Å². The smallest absolute Gasteiger partial charge is 0.305 e. The summed E-state index contributed by atoms with van der Waals surface area (Å²) in [6.45, 7) is 4.82. The second-order valence-corrected chi connectivity index (χ2v) is 8.10. The maximum atomic E-state index is 12.5. The second-order valence-electron chi connectivity index (χ2n) is 8.10. The largest absolute Gasteiger partial charge is 0.493 e. The Hall–Kier alpha value is -3.94. The molecule has 36 heavy (non-hydrogen) atoms. The van der Waals surface area contributed by atoms with Gasteiger partial charge in [0.05, 0.1) is 27.4 Å². The maximum Gasteiger partial charge on any atom is 0.305 e. The summed E-state index contributed by atoms with van der Waals surface area (Å²) in [4.78, 5) is 23.9. The lowest BCUT2D eigenvalue weighted by molar-refractivity contribution is -0.143. The van der Waals surface area contributed by atoms with Crippen LogP contribution in [0.5, 0.6) is 17.2 Å². The summed E-state index contributed by atoms with van der Waals surface area (Å²) in [5, 5.41) is 3.77. The van der Waals surface area contributed by atoms with Crippen LogP contribution in [0.2, 0.25) is 0 Å². The lowest BCUT2D eigenvalue weighted by atomic mass is 10.1. The van der Waals surface area contributed by atoms with E-state index in [0.717, 1.165) is 10.9 Å². The molecule has 0 aliphatic carbocycles. The van der Waals surface area contributed by atoms with Crippen LogP contribution in [0.4, 0.5) is 0 Å². The Morgan fingerprint density at radius 3 is 2.58 bits per heavy atom. The fourth-order valence-corrected chi connectivity index (χ4v) is 3.66. The Morgan fingerprint density at radius 1 is 1.03 bits per heavy atom. The van der Waals surface area contributed by atoms with Gasteiger partial charge in [-0.1, -0.05) is 18.2 Å². The molecule has 0 atom stereocenters. The topological polar surface area (TPSA) is 96.2 Å². The summed E-state index contributed by atoms with van der Waals surface area (Å²) < 4.78 is 27.3. The van der Waals surface area contributed by atoms with Gasteiger partial charge in [0.25, 0.3) is 0 Å². The molecule has 0 aliphatic rings. The maximum absolute atomic E-state index is 12.5. The summed E-state index contributed by atoms with van der Waals surface area (Å²) in [7, 11) is 3.19. The van der Waals surface area contributed by atoms with Gasteiger partial charge >= 0.3 is 5.97 Å². The molecule has 0 saturated carbocycles. The van der Waals surface area contributed by atoms with Crippen molar-refractivity contribution in [1.82, 2.24) is 5.32 Å². The predicted octanol–water partition coefficient (Wildman–Crippen LogP) is 4.93. The first-order chi connectivity index (χ1) is 17.4. The zero-order valence-electron chi connectivity index (χ0n) is 21.2. The number of furan rings is 1. The van der Waals surface area contributed by atoms with Gasteiger partial charge in [-0.05, 0) is 62.1 Å². The molecule has 0 aliphatic heterocycles. The van der Waals surface area contributed by atoms with Crippen molar-refractivity contribution in [3.63, 3.8) is 0 Å². The fraction of sp³-hybridized carbons (Fsp3) is 0.357. The standard InChI is InChI=1S/C28H33NO7/c1-5-34-27(31)10-7-15-35-23-9-6-8-21-18-24(36-28(21)23)19(2)16-26(30)29-14-13-20-11-12-22(32-3)25(17-20)33-4/h6,8-9,11-12,16-18H,5,7,10,13-15H2,1-4H3,(H,29,30). The van der Waals surface area contributed by atoms with E-state index in [1.54, 1.807) is 21.1 Å². The number of esters is 1. The second kappa shape index (κ2) is 13.2. The molecule has 1 N–H and O–H groups in total. The van der Waals surface area contributed by atoms with Gasteiger partial charge in [0.2, 0.25) is 5.91 Å². The molecule has 1 aromatic heterocycles. The minimum absolute atomic E-state index is 0.205. The van der Waals surface area contributed by atoms with Crippen molar-refractivity contribution in [2.45, 2.75) is 33.1 Å². The number of fused-ring (bicyclic) bond motifs is 1. The molecule has 0 bridgehead atoms. The molecule has 0 saturated heterocycles. The Kier molecular flexibility index (Phi) is 9.80. The quantitative estimate of drug-likeness (QED) is 0.204. The summed E-state index contributed by atoms with van der Waals surface area (Å²) in [5.41, 5.74) is 2.33. The highest BCUT2D eigenvalue weighted by Gasteiger charge is 2.12.